The summed E-state index contributed by atoms with van der Waals surface area (Å²) in [4.78, 5) is 11.4. The van der Waals surface area contributed by atoms with E-state index in [0.717, 1.165) is 18.4 Å². The monoisotopic (exact) mass is 259 g/mol. The quantitative estimate of drug-likeness (QED) is 0.764. The van der Waals surface area contributed by atoms with Gasteiger partial charge in [-0.2, -0.15) is 5.26 Å². The number of nitrogens with one attached hydrogen (secondary N) is 2. The molecule has 0 saturated heterocycles. The Balaban J connectivity index is 1.67. The summed E-state index contributed by atoms with van der Waals surface area (Å²) in [5, 5.41) is 14.4. The lowest BCUT2D eigenvalue weighted by Gasteiger charge is -2.07. The van der Waals surface area contributed by atoms with Gasteiger partial charge in [-0.25, -0.2) is 0 Å². The number of rotatable bonds is 7. The molecule has 0 atom stereocenters. The number of hydrogen-bond acceptors (Lipinski definition) is 4. The predicted octanol–water partition coefficient (Wildman–Crippen LogP) is 0.957. The number of carbonyl (C=O) groups is 1. The second-order valence-electron chi connectivity index (χ2n) is 4.54. The van der Waals surface area contributed by atoms with E-state index in [-0.39, 0.29) is 12.5 Å². The van der Waals surface area contributed by atoms with Crippen LogP contribution in [0.3, 0.4) is 0 Å². The van der Waals surface area contributed by atoms with Gasteiger partial charge in [0.25, 0.3) is 0 Å². The number of nitrogens with zero attached hydrogens (tertiary/aromatic N) is 1. The van der Waals surface area contributed by atoms with Crippen molar-refractivity contribution in [3.63, 3.8) is 0 Å². The molecule has 1 saturated carbocycles. The summed E-state index contributed by atoms with van der Waals surface area (Å²) in [7, 11) is 0. The first-order valence-corrected chi connectivity index (χ1v) is 6.36. The highest BCUT2D eigenvalue weighted by Crippen LogP contribution is 2.18. The molecule has 1 aromatic carbocycles. The highest BCUT2D eigenvalue weighted by atomic mass is 16.5. The Bertz CT molecular complexity index is 461. The van der Waals surface area contributed by atoms with E-state index in [1.165, 1.54) is 0 Å². The van der Waals surface area contributed by atoms with Gasteiger partial charge in [0.15, 0.2) is 6.61 Å². The molecule has 19 heavy (non-hydrogen) atoms. The predicted molar refractivity (Wildman–Crippen MR) is 70.4 cm³/mol. The topological polar surface area (TPSA) is 74.1 Å². The first kappa shape index (κ1) is 13.4. The van der Waals surface area contributed by atoms with Crippen LogP contribution >= 0.6 is 0 Å². The minimum atomic E-state index is 0.0523. The molecule has 0 spiro atoms. The number of hydrogen-bond donors (Lipinski definition) is 2. The molecule has 1 aliphatic carbocycles. The first-order chi connectivity index (χ1) is 9.28. The molecule has 0 heterocycles. The molecule has 0 radical (unpaired) electrons. The molecule has 1 fully saturated rings. The van der Waals surface area contributed by atoms with Gasteiger partial charge < -0.3 is 15.4 Å². The lowest BCUT2D eigenvalue weighted by atomic mass is 10.2. The maximum Gasteiger partial charge on any atom is 0.234 e. The SMILES string of the molecule is N#CCOc1ccc(CNCC(=O)NC2CC2)cc1. The van der Waals surface area contributed by atoms with Crippen LogP contribution in [-0.4, -0.2) is 25.1 Å². The molecule has 0 unspecified atom stereocenters. The number of nitriles is 1. The van der Waals surface area contributed by atoms with Crippen molar-refractivity contribution in [1.29, 1.82) is 5.26 Å². The Morgan fingerprint density at radius 2 is 2.11 bits per heavy atom. The molecular weight excluding hydrogens is 242 g/mol. The third kappa shape index (κ3) is 4.98. The van der Waals surface area contributed by atoms with Gasteiger partial charge in [0.05, 0.1) is 6.54 Å². The van der Waals surface area contributed by atoms with Crippen molar-refractivity contribution < 1.29 is 9.53 Å². The standard InChI is InChI=1S/C14H17N3O2/c15-7-8-19-13-5-1-11(2-6-13)9-16-10-14(18)17-12-3-4-12/h1-2,5-6,12,16H,3-4,8-10H2,(H,17,18). The van der Waals surface area contributed by atoms with Crippen molar-refractivity contribution >= 4 is 5.91 Å². The molecule has 1 aromatic rings. The van der Waals surface area contributed by atoms with Gasteiger partial charge in [0, 0.05) is 12.6 Å². The molecular formula is C14H17N3O2. The van der Waals surface area contributed by atoms with Crippen molar-refractivity contribution in [2.75, 3.05) is 13.2 Å². The van der Waals surface area contributed by atoms with Gasteiger partial charge >= 0.3 is 0 Å². The summed E-state index contributed by atoms with van der Waals surface area (Å²) in [6.07, 6.45) is 2.21. The minimum absolute atomic E-state index is 0.0523. The van der Waals surface area contributed by atoms with Crippen molar-refractivity contribution in [2.45, 2.75) is 25.4 Å². The van der Waals surface area contributed by atoms with Crippen LogP contribution in [0.5, 0.6) is 5.75 Å². The number of benzene rings is 1. The molecule has 0 aromatic heterocycles. The first-order valence-electron chi connectivity index (χ1n) is 6.36. The summed E-state index contributed by atoms with van der Waals surface area (Å²) in [6, 6.07) is 9.79. The van der Waals surface area contributed by atoms with Gasteiger partial charge in [-0.1, -0.05) is 12.1 Å². The highest BCUT2D eigenvalue weighted by molar-refractivity contribution is 5.78. The van der Waals surface area contributed by atoms with Gasteiger partial charge in [0.2, 0.25) is 5.91 Å². The third-order valence-electron chi connectivity index (χ3n) is 2.78. The summed E-state index contributed by atoms with van der Waals surface area (Å²) >= 11 is 0. The smallest absolute Gasteiger partial charge is 0.234 e. The van der Waals surface area contributed by atoms with Crippen LogP contribution in [0.4, 0.5) is 0 Å². The minimum Gasteiger partial charge on any atom is -0.479 e. The summed E-state index contributed by atoms with van der Waals surface area (Å²) in [6.45, 7) is 1.03. The summed E-state index contributed by atoms with van der Waals surface area (Å²) in [5.74, 6) is 0.730. The fourth-order valence-electron chi connectivity index (χ4n) is 1.65. The average molecular weight is 259 g/mol. The van der Waals surface area contributed by atoms with Crippen molar-refractivity contribution in [3.05, 3.63) is 29.8 Å². The van der Waals surface area contributed by atoms with E-state index in [4.69, 9.17) is 10.00 Å². The number of ether oxygens (including phenoxy) is 1. The van der Waals surface area contributed by atoms with E-state index in [2.05, 4.69) is 10.6 Å². The molecule has 0 bridgehead atoms. The Hall–Kier alpha value is -2.06. The fourth-order valence-corrected chi connectivity index (χ4v) is 1.65. The molecule has 100 valence electrons. The summed E-state index contributed by atoms with van der Waals surface area (Å²) in [5.41, 5.74) is 1.07. The van der Waals surface area contributed by atoms with Gasteiger partial charge in [-0.3, -0.25) is 4.79 Å². The Kier molecular flexibility index (Phi) is 4.76. The van der Waals surface area contributed by atoms with E-state index in [1.54, 1.807) is 0 Å². The van der Waals surface area contributed by atoms with Crippen LogP contribution in [0.15, 0.2) is 24.3 Å². The second kappa shape index (κ2) is 6.76. The van der Waals surface area contributed by atoms with Crippen LogP contribution in [0.2, 0.25) is 0 Å². The van der Waals surface area contributed by atoms with Crippen LogP contribution in [0, 0.1) is 11.3 Å². The zero-order chi connectivity index (χ0) is 13.5. The van der Waals surface area contributed by atoms with E-state index in [0.29, 0.717) is 24.9 Å². The molecule has 5 nitrogen and oxygen atoms in total. The normalized spacial score (nSPS) is 13.6. The van der Waals surface area contributed by atoms with Crippen molar-refractivity contribution in [1.82, 2.24) is 10.6 Å². The lowest BCUT2D eigenvalue weighted by Crippen LogP contribution is -2.34. The van der Waals surface area contributed by atoms with Gasteiger partial charge in [-0.05, 0) is 30.5 Å². The molecule has 1 aliphatic rings. The van der Waals surface area contributed by atoms with Crippen LogP contribution in [0.1, 0.15) is 18.4 Å². The number of carbonyl (C=O) groups excluding carboxylic acids is 1. The van der Waals surface area contributed by atoms with Crippen molar-refractivity contribution in [3.8, 4) is 11.8 Å². The average Bonchev–Trinajstić information content (AvgIpc) is 3.22. The van der Waals surface area contributed by atoms with E-state index in [1.807, 2.05) is 30.3 Å². The fraction of sp³-hybridized carbons (Fsp3) is 0.429. The maximum absolute atomic E-state index is 11.4. The molecule has 2 rings (SSSR count). The molecule has 5 heteroatoms. The van der Waals surface area contributed by atoms with Crippen molar-refractivity contribution in [2.24, 2.45) is 0 Å². The zero-order valence-corrected chi connectivity index (χ0v) is 10.7. The highest BCUT2D eigenvalue weighted by Gasteiger charge is 2.22. The Morgan fingerprint density at radius 1 is 1.37 bits per heavy atom. The van der Waals surface area contributed by atoms with E-state index < -0.39 is 0 Å². The van der Waals surface area contributed by atoms with Crippen LogP contribution in [-0.2, 0) is 11.3 Å². The van der Waals surface area contributed by atoms with Gasteiger partial charge in [0.1, 0.15) is 11.8 Å². The maximum atomic E-state index is 11.4. The number of amides is 1. The van der Waals surface area contributed by atoms with E-state index >= 15 is 0 Å². The molecule has 2 N–H and O–H groups in total. The van der Waals surface area contributed by atoms with Gasteiger partial charge in [-0.15, -0.1) is 0 Å². The summed E-state index contributed by atoms with van der Waals surface area (Å²) < 4.78 is 5.16. The molecule has 1 amide bonds. The second-order valence-corrected chi connectivity index (χ2v) is 4.54. The molecule has 0 aliphatic heterocycles. The van der Waals surface area contributed by atoms with Crippen LogP contribution < -0.4 is 15.4 Å². The van der Waals surface area contributed by atoms with Crippen LogP contribution in [0.25, 0.3) is 0 Å². The Morgan fingerprint density at radius 3 is 2.74 bits per heavy atom. The lowest BCUT2D eigenvalue weighted by molar-refractivity contribution is -0.120. The third-order valence-corrected chi connectivity index (χ3v) is 2.78. The Labute approximate surface area is 112 Å². The van der Waals surface area contributed by atoms with E-state index in [9.17, 15) is 4.79 Å². The largest absolute Gasteiger partial charge is 0.479 e. The zero-order valence-electron chi connectivity index (χ0n) is 10.7.